The maximum absolute atomic E-state index is 12.3. The van der Waals surface area contributed by atoms with Crippen molar-refractivity contribution in [2.45, 2.75) is 51.0 Å². The summed E-state index contributed by atoms with van der Waals surface area (Å²) < 4.78 is 5.57. The third kappa shape index (κ3) is 3.11. The Hall–Kier alpha value is -0.610. The second-order valence-corrected chi connectivity index (χ2v) is 6.47. The van der Waals surface area contributed by atoms with Crippen LogP contribution < -0.4 is 5.32 Å². The fourth-order valence-corrected chi connectivity index (χ4v) is 3.82. The molecular weight excluding hydrogens is 240 g/mol. The molecule has 1 N–H and O–H groups in total. The number of carbonyl (C=O) groups is 1. The van der Waals surface area contributed by atoms with E-state index in [0.29, 0.717) is 17.7 Å². The van der Waals surface area contributed by atoms with E-state index in [-0.39, 0.29) is 6.10 Å². The van der Waals surface area contributed by atoms with Gasteiger partial charge in [-0.3, -0.25) is 4.79 Å². The molecule has 3 saturated heterocycles. The van der Waals surface area contributed by atoms with Gasteiger partial charge < -0.3 is 15.0 Å². The van der Waals surface area contributed by atoms with Crippen LogP contribution in [0.5, 0.6) is 0 Å². The minimum Gasteiger partial charge on any atom is -0.378 e. The van der Waals surface area contributed by atoms with E-state index in [1.165, 1.54) is 25.7 Å². The Kier molecular flexibility index (Phi) is 4.08. The van der Waals surface area contributed by atoms with E-state index in [0.717, 1.165) is 45.6 Å². The van der Waals surface area contributed by atoms with Gasteiger partial charge in [0.05, 0.1) is 12.5 Å². The number of nitrogens with zero attached hydrogens (tertiary/aromatic N) is 1. The van der Waals surface area contributed by atoms with Crippen LogP contribution in [0.4, 0.5) is 0 Å². The lowest BCUT2D eigenvalue weighted by atomic mass is 9.71. The van der Waals surface area contributed by atoms with Gasteiger partial charge in [-0.05, 0) is 57.0 Å². The van der Waals surface area contributed by atoms with Gasteiger partial charge in [-0.25, -0.2) is 0 Å². The van der Waals surface area contributed by atoms with Crippen LogP contribution >= 0.6 is 0 Å². The van der Waals surface area contributed by atoms with Crippen LogP contribution in [0.3, 0.4) is 0 Å². The zero-order chi connectivity index (χ0) is 13.1. The first-order chi connectivity index (χ1) is 9.27. The van der Waals surface area contributed by atoms with Crippen LogP contribution in [0.25, 0.3) is 0 Å². The lowest BCUT2D eigenvalue weighted by Gasteiger charge is -2.44. The van der Waals surface area contributed by atoms with Crippen LogP contribution in [0, 0.1) is 5.41 Å². The minimum atomic E-state index is 0.197. The maximum Gasteiger partial charge on any atom is 0.225 e. The van der Waals surface area contributed by atoms with Crippen LogP contribution in [0.2, 0.25) is 0 Å². The van der Waals surface area contributed by atoms with Crippen molar-refractivity contribution < 1.29 is 9.53 Å². The number of likely N-dealkylation sites (tertiary alicyclic amines) is 1. The van der Waals surface area contributed by atoms with Crippen molar-refractivity contribution >= 4 is 5.91 Å². The molecule has 0 aromatic rings. The molecule has 19 heavy (non-hydrogen) atoms. The second-order valence-electron chi connectivity index (χ2n) is 6.47. The van der Waals surface area contributed by atoms with E-state index < -0.39 is 0 Å². The van der Waals surface area contributed by atoms with Gasteiger partial charge in [0.25, 0.3) is 0 Å². The Morgan fingerprint density at radius 2 is 1.95 bits per heavy atom. The molecule has 0 aliphatic carbocycles. The summed E-state index contributed by atoms with van der Waals surface area (Å²) in [7, 11) is 0. The van der Waals surface area contributed by atoms with Gasteiger partial charge in [0.15, 0.2) is 0 Å². The highest BCUT2D eigenvalue weighted by atomic mass is 16.5. The van der Waals surface area contributed by atoms with Crippen molar-refractivity contribution in [3.05, 3.63) is 0 Å². The van der Waals surface area contributed by atoms with Gasteiger partial charge in [-0.1, -0.05) is 0 Å². The summed E-state index contributed by atoms with van der Waals surface area (Å²) in [5.74, 6) is 0.315. The molecule has 4 nitrogen and oxygen atoms in total. The van der Waals surface area contributed by atoms with Crippen LogP contribution in [0.1, 0.15) is 44.9 Å². The number of rotatable bonds is 2. The molecule has 108 valence electrons. The maximum atomic E-state index is 12.3. The standard InChI is InChI=1S/C15H26N2O2/c18-14(12-13-2-1-11-19-13)17-9-5-15(6-10-17)3-7-16-8-4-15/h13,16H,1-12H2. The summed E-state index contributed by atoms with van der Waals surface area (Å²) in [6.07, 6.45) is 7.97. The average molecular weight is 266 g/mol. The first-order valence-electron chi connectivity index (χ1n) is 7.88. The highest BCUT2D eigenvalue weighted by Crippen LogP contribution is 2.39. The third-order valence-electron chi connectivity index (χ3n) is 5.27. The van der Waals surface area contributed by atoms with Crippen LogP contribution in [-0.2, 0) is 9.53 Å². The number of hydrogen-bond donors (Lipinski definition) is 1. The van der Waals surface area contributed by atoms with Crippen LogP contribution in [0.15, 0.2) is 0 Å². The average Bonchev–Trinajstić information content (AvgIpc) is 2.93. The summed E-state index contributed by atoms with van der Waals surface area (Å²) in [5, 5.41) is 3.44. The SMILES string of the molecule is O=C(CC1CCCO1)N1CCC2(CCNCC2)CC1. The largest absolute Gasteiger partial charge is 0.378 e. The number of hydrogen-bond acceptors (Lipinski definition) is 3. The van der Waals surface area contributed by atoms with Gasteiger partial charge in [0, 0.05) is 19.7 Å². The first-order valence-corrected chi connectivity index (χ1v) is 7.88. The first kappa shape index (κ1) is 13.4. The van der Waals surface area contributed by atoms with Gasteiger partial charge in [0.2, 0.25) is 5.91 Å². The third-order valence-corrected chi connectivity index (χ3v) is 5.27. The summed E-state index contributed by atoms with van der Waals surface area (Å²) in [5.41, 5.74) is 0.534. The van der Waals surface area contributed by atoms with Gasteiger partial charge in [0.1, 0.15) is 0 Å². The monoisotopic (exact) mass is 266 g/mol. The van der Waals surface area contributed by atoms with E-state index in [2.05, 4.69) is 10.2 Å². The molecule has 3 heterocycles. The molecule has 1 spiro atoms. The fraction of sp³-hybridized carbons (Fsp3) is 0.933. The second kappa shape index (κ2) is 5.80. The number of ether oxygens (including phenoxy) is 1. The molecule has 3 aliphatic heterocycles. The zero-order valence-electron chi connectivity index (χ0n) is 11.8. The molecule has 0 bridgehead atoms. The van der Waals surface area contributed by atoms with E-state index in [4.69, 9.17) is 4.74 Å². The van der Waals surface area contributed by atoms with Crippen molar-refractivity contribution in [3.63, 3.8) is 0 Å². The van der Waals surface area contributed by atoms with Gasteiger partial charge in [-0.15, -0.1) is 0 Å². The van der Waals surface area contributed by atoms with Crippen molar-refractivity contribution in [2.75, 3.05) is 32.8 Å². The Bertz CT molecular complexity index is 310. The Balaban J connectivity index is 1.47. The van der Waals surface area contributed by atoms with Crippen molar-refractivity contribution in [3.8, 4) is 0 Å². The highest BCUT2D eigenvalue weighted by molar-refractivity contribution is 5.76. The summed E-state index contributed by atoms with van der Waals surface area (Å²) in [6, 6.07) is 0. The minimum absolute atomic E-state index is 0.197. The summed E-state index contributed by atoms with van der Waals surface area (Å²) in [6.45, 7) is 5.08. The van der Waals surface area contributed by atoms with E-state index in [1.54, 1.807) is 0 Å². The number of amides is 1. The lowest BCUT2D eigenvalue weighted by molar-refractivity contribution is -0.136. The molecule has 3 fully saturated rings. The normalized spacial score (nSPS) is 30.7. The molecule has 0 saturated carbocycles. The molecule has 0 aromatic heterocycles. The molecular formula is C15H26N2O2. The molecule has 1 amide bonds. The Morgan fingerprint density at radius 1 is 1.21 bits per heavy atom. The van der Waals surface area contributed by atoms with E-state index in [1.807, 2.05) is 0 Å². The molecule has 0 radical (unpaired) electrons. The molecule has 1 atom stereocenters. The molecule has 4 heteroatoms. The number of carbonyl (C=O) groups excluding carboxylic acids is 1. The van der Waals surface area contributed by atoms with Crippen molar-refractivity contribution in [1.82, 2.24) is 10.2 Å². The predicted molar refractivity (Wildman–Crippen MR) is 73.9 cm³/mol. The molecule has 1 unspecified atom stereocenters. The predicted octanol–water partition coefficient (Wildman–Crippen LogP) is 1.55. The van der Waals surface area contributed by atoms with E-state index >= 15 is 0 Å². The quantitative estimate of drug-likeness (QED) is 0.824. The number of nitrogens with one attached hydrogen (secondary N) is 1. The smallest absolute Gasteiger partial charge is 0.225 e. The highest BCUT2D eigenvalue weighted by Gasteiger charge is 2.37. The molecule has 3 rings (SSSR count). The number of piperidine rings is 2. The summed E-state index contributed by atoms with van der Waals surface area (Å²) >= 11 is 0. The molecule has 3 aliphatic rings. The Morgan fingerprint density at radius 3 is 2.58 bits per heavy atom. The van der Waals surface area contributed by atoms with Crippen molar-refractivity contribution in [1.29, 1.82) is 0 Å². The van der Waals surface area contributed by atoms with E-state index in [9.17, 15) is 4.79 Å². The summed E-state index contributed by atoms with van der Waals surface area (Å²) in [4.78, 5) is 14.3. The fourth-order valence-electron chi connectivity index (χ4n) is 3.82. The molecule has 0 aromatic carbocycles. The van der Waals surface area contributed by atoms with Gasteiger partial charge >= 0.3 is 0 Å². The van der Waals surface area contributed by atoms with Gasteiger partial charge in [-0.2, -0.15) is 0 Å². The van der Waals surface area contributed by atoms with Crippen molar-refractivity contribution in [2.24, 2.45) is 5.41 Å². The van der Waals surface area contributed by atoms with Crippen LogP contribution in [-0.4, -0.2) is 49.7 Å². The zero-order valence-corrected chi connectivity index (χ0v) is 11.8. The lowest BCUT2D eigenvalue weighted by Crippen LogP contribution is -2.47. The topological polar surface area (TPSA) is 41.6 Å². The Labute approximate surface area is 115 Å².